The molecule has 1 aliphatic rings. The van der Waals surface area contributed by atoms with Gasteiger partial charge in [0.05, 0.1) is 12.3 Å². The Morgan fingerprint density at radius 3 is 2.89 bits per heavy atom. The average molecular weight is 257 g/mol. The molecule has 100 valence electrons. The molecule has 19 heavy (non-hydrogen) atoms. The van der Waals surface area contributed by atoms with Crippen LogP contribution in [0.3, 0.4) is 0 Å². The molecule has 4 nitrogen and oxygen atoms in total. The van der Waals surface area contributed by atoms with E-state index in [1.54, 1.807) is 6.20 Å². The molecule has 1 aliphatic heterocycles. The Bertz CT molecular complexity index is 487. The zero-order chi connectivity index (χ0) is 12.9. The van der Waals surface area contributed by atoms with E-state index in [0.717, 1.165) is 31.9 Å². The van der Waals surface area contributed by atoms with Gasteiger partial charge >= 0.3 is 0 Å². The molecule has 1 aromatic carbocycles. The molecule has 1 saturated heterocycles. The minimum absolute atomic E-state index is 0.500. The Morgan fingerprint density at radius 1 is 1.32 bits per heavy atom. The number of aromatic nitrogens is 2. The zero-order valence-electron chi connectivity index (χ0n) is 11.0. The predicted molar refractivity (Wildman–Crippen MR) is 74.2 cm³/mol. The fourth-order valence-corrected chi connectivity index (χ4v) is 2.35. The van der Waals surface area contributed by atoms with Crippen LogP contribution < -0.4 is 5.32 Å². The van der Waals surface area contributed by atoms with Crippen LogP contribution in [-0.2, 0) is 11.3 Å². The zero-order valence-corrected chi connectivity index (χ0v) is 11.0. The minimum Gasteiger partial charge on any atom is -0.380 e. The Labute approximate surface area is 113 Å². The van der Waals surface area contributed by atoms with Crippen molar-refractivity contribution in [3.05, 3.63) is 48.3 Å². The molecule has 0 saturated carbocycles. The van der Waals surface area contributed by atoms with Crippen molar-refractivity contribution in [2.45, 2.75) is 25.4 Å². The van der Waals surface area contributed by atoms with Crippen molar-refractivity contribution in [2.24, 2.45) is 0 Å². The number of hydrogen-bond donors (Lipinski definition) is 1. The maximum Gasteiger partial charge on any atom is 0.0645 e. The number of hydrogen-bond acceptors (Lipinski definition) is 3. The molecular weight excluding hydrogens is 238 g/mol. The summed E-state index contributed by atoms with van der Waals surface area (Å²) in [6.45, 7) is 2.65. The molecule has 1 fully saturated rings. The highest BCUT2D eigenvalue weighted by molar-refractivity contribution is 5.33. The lowest BCUT2D eigenvalue weighted by Gasteiger charge is -2.23. The van der Waals surface area contributed by atoms with E-state index < -0.39 is 0 Å². The van der Waals surface area contributed by atoms with Crippen LogP contribution in [0, 0.1) is 0 Å². The van der Waals surface area contributed by atoms with E-state index in [4.69, 9.17) is 4.74 Å². The molecule has 0 spiro atoms. The van der Waals surface area contributed by atoms with Crippen molar-refractivity contribution in [1.29, 1.82) is 0 Å². The highest BCUT2D eigenvalue weighted by Gasteiger charge is 2.12. The molecule has 4 heteroatoms. The molecule has 1 aromatic heterocycles. The number of nitrogens with zero attached hydrogens (tertiary/aromatic N) is 2. The fourth-order valence-electron chi connectivity index (χ4n) is 2.35. The third-order valence-electron chi connectivity index (χ3n) is 3.46. The molecule has 0 bridgehead atoms. The molecule has 3 rings (SSSR count). The summed E-state index contributed by atoms with van der Waals surface area (Å²) < 4.78 is 7.33. The third kappa shape index (κ3) is 3.22. The number of nitrogens with one attached hydrogen (secondary N) is 1. The summed E-state index contributed by atoms with van der Waals surface area (Å²) in [6.07, 6.45) is 6.12. The van der Waals surface area contributed by atoms with Gasteiger partial charge in [0, 0.05) is 31.6 Å². The summed E-state index contributed by atoms with van der Waals surface area (Å²) in [7, 11) is 0. The van der Waals surface area contributed by atoms with Crippen LogP contribution in [0.4, 0.5) is 0 Å². The van der Waals surface area contributed by atoms with Crippen molar-refractivity contribution < 1.29 is 4.74 Å². The summed E-state index contributed by atoms with van der Waals surface area (Å²) in [4.78, 5) is 0. The second-order valence-corrected chi connectivity index (χ2v) is 4.91. The number of rotatable bonds is 4. The standard InChI is InChI=1S/C15H19N3O/c1-3-14(12-19-10-1)16-11-13-4-6-15(7-5-13)18-9-2-8-17-18/h2,4-9,14,16H,1,3,10-12H2. The highest BCUT2D eigenvalue weighted by atomic mass is 16.5. The Kier molecular flexibility index (Phi) is 3.91. The molecule has 1 N–H and O–H groups in total. The molecule has 0 amide bonds. The molecule has 2 heterocycles. The van der Waals surface area contributed by atoms with Gasteiger partial charge < -0.3 is 10.1 Å². The number of ether oxygens (including phenoxy) is 1. The molecular formula is C15H19N3O. The van der Waals surface area contributed by atoms with Gasteiger partial charge in [-0.1, -0.05) is 12.1 Å². The fraction of sp³-hybridized carbons (Fsp3) is 0.400. The topological polar surface area (TPSA) is 39.1 Å². The van der Waals surface area contributed by atoms with Gasteiger partial charge in [-0.15, -0.1) is 0 Å². The number of benzene rings is 1. The van der Waals surface area contributed by atoms with Gasteiger partial charge in [0.1, 0.15) is 0 Å². The van der Waals surface area contributed by atoms with Gasteiger partial charge in [-0.3, -0.25) is 0 Å². The lowest BCUT2D eigenvalue weighted by molar-refractivity contribution is 0.0699. The van der Waals surface area contributed by atoms with E-state index in [0.29, 0.717) is 6.04 Å². The van der Waals surface area contributed by atoms with Crippen LogP contribution >= 0.6 is 0 Å². The predicted octanol–water partition coefficient (Wildman–Crippen LogP) is 2.14. The van der Waals surface area contributed by atoms with Crippen molar-refractivity contribution >= 4 is 0 Å². The molecule has 0 radical (unpaired) electrons. The first-order valence-electron chi connectivity index (χ1n) is 6.82. The van der Waals surface area contributed by atoms with Crippen LogP contribution in [0.25, 0.3) is 5.69 Å². The van der Waals surface area contributed by atoms with Crippen molar-refractivity contribution in [3.8, 4) is 5.69 Å². The van der Waals surface area contributed by atoms with Crippen molar-refractivity contribution in [2.75, 3.05) is 13.2 Å². The smallest absolute Gasteiger partial charge is 0.0645 e. The van der Waals surface area contributed by atoms with Gasteiger partial charge in [0.2, 0.25) is 0 Å². The van der Waals surface area contributed by atoms with Gasteiger partial charge in [0.25, 0.3) is 0 Å². The van der Waals surface area contributed by atoms with Gasteiger partial charge in [-0.25, -0.2) is 4.68 Å². The first-order chi connectivity index (χ1) is 9.42. The van der Waals surface area contributed by atoms with Crippen LogP contribution in [0.5, 0.6) is 0 Å². The SMILES string of the molecule is c1cnn(-c2ccc(CNC3CCCOC3)cc2)c1. The second kappa shape index (κ2) is 5.99. The first-order valence-corrected chi connectivity index (χ1v) is 6.82. The Hall–Kier alpha value is -1.65. The third-order valence-corrected chi connectivity index (χ3v) is 3.46. The van der Waals surface area contributed by atoms with E-state index in [9.17, 15) is 0 Å². The van der Waals surface area contributed by atoms with Crippen LogP contribution in [0.15, 0.2) is 42.7 Å². The van der Waals surface area contributed by atoms with E-state index in [1.807, 2.05) is 16.9 Å². The van der Waals surface area contributed by atoms with Crippen LogP contribution in [0.2, 0.25) is 0 Å². The van der Waals surface area contributed by atoms with Crippen molar-refractivity contribution in [1.82, 2.24) is 15.1 Å². The van der Waals surface area contributed by atoms with Gasteiger partial charge in [-0.05, 0) is 36.6 Å². The maximum absolute atomic E-state index is 5.46. The quantitative estimate of drug-likeness (QED) is 0.912. The second-order valence-electron chi connectivity index (χ2n) is 4.91. The Balaban J connectivity index is 1.57. The molecule has 1 unspecified atom stereocenters. The Morgan fingerprint density at radius 2 is 2.21 bits per heavy atom. The van der Waals surface area contributed by atoms with Crippen LogP contribution in [0.1, 0.15) is 18.4 Å². The molecule has 0 aliphatic carbocycles. The van der Waals surface area contributed by atoms with E-state index >= 15 is 0 Å². The lowest BCUT2D eigenvalue weighted by Crippen LogP contribution is -2.36. The summed E-state index contributed by atoms with van der Waals surface area (Å²) in [5, 5.41) is 7.76. The summed E-state index contributed by atoms with van der Waals surface area (Å²) >= 11 is 0. The summed E-state index contributed by atoms with van der Waals surface area (Å²) in [5.41, 5.74) is 2.39. The molecule has 2 aromatic rings. The summed E-state index contributed by atoms with van der Waals surface area (Å²) in [5.74, 6) is 0. The summed E-state index contributed by atoms with van der Waals surface area (Å²) in [6, 6.07) is 10.9. The maximum atomic E-state index is 5.46. The first kappa shape index (κ1) is 12.4. The van der Waals surface area contributed by atoms with E-state index in [1.165, 1.54) is 12.0 Å². The normalized spacial score (nSPS) is 19.5. The largest absolute Gasteiger partial charge is 0.380 e. The molecule has 1 atom stereocenters. The monoisotopic (exact) mass is 257 g/mol. The van der Waals surface area contributed by atoms with E-state index in [2.05, 4.69) is 34.7 Å². The van der Waals surface area contributed by atoms with Crippen LogP contribution in [-0.4, -0.2) is 29.0 Å². The van der Waals surface area contributed by atoms with E-state index in [-0.39, 0.29) is 0 Å². The average Bonchev–Trinajstić information content (AvgIpc) is 3.01. The highest BCUT2D eigenvalue weighted by Crippen LogP contribution is 2.10. The lowest BCUT2D eigenvalue weighted by atomic mass is 10.1. The van der Waals surface area contributed by atoms with Gasteiger partial charge in [0.15, 0.2) is 0 Å². The van der Waals surface area contributed by atoms with Crippen molar-refractivity contribution in [3.63, 3.8) is 0 Å². The van der Waals surface area contributed by atoms with Gasteiger partial charge in [-0.2, -0.15) is 5.10 Å². The minimum atomic E-state index is 0.500.